The summed E-state index contributed by atoms with van der Waals surface area (Å²) in [6, 6.07) is 3.14. The Morgan fingerprint density at radius 2 is 1.70 bits per heavy atom. The minimum Gasteiger partial charge on any atom is -0.502 e. The van der Waals surface area contributed by atoms with E-state index in [-0.39, 0.29) is 23.9 Å². The molecule has 10 heteroatoms. The number of carbonyl (C=O) groups excluding carboxylic acids is 1. The van der Waals surface area contributed by atoms with Gasteiger partial charge in [-0.2, -0.15) is 0 Å². The van der Waals surface area contributed by atoms with Crippen molar-refractivity contribution in [1.29, 1.82) is 0 Å². The van der Waals surface area contributed by atoms with Crippen molar-refractivity contribution in [2.24, 2.45) is 0 Å². The van der Waals surface area contributed by atoms with Crippen LogP contribution in [0.15, 0.2) is 18.2 Å². The fourth-order valence-corrected chi connectivity index (χ4v) is 4.16. The van der Waals surface area contributed by atoms with Crippen LogP contribution in [0.3, 0.4) is 0 Å². The van der Waals surface area contributed by atoms with Gasteiger partial charge < -0.3 is 43.0 Å². The van der Waals surface area contributed by atoms with E-state index in [2.05, 4.69) is 0 Å². The number of carbonyl (C=O) groups is 1. The molecule has 0 amide bonds. The van der Waals surface area contributed by atoms with Gasteiger partial charge in [0, 0.05) is 6.08 Å². The average Bonchev–Trinajstić information content (AvgIpc) is 3.36. The molecule has 1 N–H and O–H groups in total. The van der Waals surface area contributed by atoms with Gasteiger partial charge in [0.2, 0.25) is 5.75 Å². The first-order chi connectivity index (χ1) is 15.5. The fourth-order valence-electron chi connectivity index (χ4n) is 4.16. The van der Waals surface area contributed by atoms with Gasteiger partial charge in [0.1, 0.15) is 12.2 Å². The highest BCUT2D eigenvalue weighted by Gasteiger charge is 2.59. The summed E-state index contributed by atoms with van der Waals surface area (Å²) in [5.74, 6) is -1.93. The van der Waals surface area contributed by atoms with Gasteiger partial charge in [-0.15, -0.1) is 0 Å². The third kappa shape index (κ3) is 4.95. The number of methoxy groups -OCH3 is 2. The van der Waals surface area contributed by atoms with Crippen LogP contribution in [0.5, 0.6) is 17.2 Å². The zero-order chi connectivity index (χ0) is 24.0. The molecular weight excluding hydrogens is 436 g/mol. The first-order valence-electron chi connectivity index (χ1n) is 10.7. The molecule has 10 nitrogen and oxygen atoms in total. The summed E-state index contributed by atoms with van der Waals surface area (Å²) in [7, 11) is 2.85. The molecular formula is C23H30O10. The second-order valence-corrected chi connectivity index (χ2v) is 8.95. The smallest absolute Gasteiger partial charge is 0.331 e. The highest BCUT2D eigenvalue weighted by atomic mass is 16.8. The molecule has 0 bridgehead atoms. The molecule has 3 aliphatic heterocycles. The first kappa shape index (κ1) is 23.8. The summed E-state index contributed by atoms with van der Waals surface area (Å²) in [6.07, 6.45) is -0.332. The number of esters is 1. The Balaban J connectivity index is 1.50. The van der Waals surface area contributed by atoms with Crippen molar-refractivity contribution in [3.8, 4) is 17.2 Å². The summed E-state index contributed by atoms with van der Waals surface area (Å²) >= 11 is 0. The Morgan fingerprint density at radius 1 is 1.03 bits per heavy atom. The number of benzene rings is 1. The lowest BCUT2D eigenvalue weighted by Gasteiger charge is -2.28. The zero-order valence-corrected chi connectivity index (χ0v) is 19.5. The highest BCUT2D eigenvalue weighted by Crippen LogP contribution is 2.42. The van der Waals surface area contributed by atoms with Crippen molar-refractivity contribution < 1.29 is 47.8 Å². The van der Waals surface area contributed by atoms with E-state index in [4.69, 9.17) is 37.9 Å². The van der Waals surface area contributed by atoms with Gasteiger partial charge in [0.05, 0.1) is 20.8 Å². The summed E-state index contributed by atoms with van der Waals surface area (Å²) < 4.78 is 45.5. The molecule has 0 spiro atoms. The van der Waals surface area contributed by atoms with E-state index in [0.29, 0.717) is 5.56 Å². The van der Waals surface area contributed by atoms with E-state index in [1.807, 2.05) is 13.8 Å². The number of aromatic hydroxyl groups is 1. The van der Waals surface area contributed by atoms with Gasteiger partial charge >= 0.3 is 5.97 Å². The van der Waals surface area contributed by atoms with E-state index < -0.39 is 48.2 Å². The Labute approximate surface area is 192 Å². The van der Waals surface area contributed by atoms with E-state index in [0.717, 1.165) is 0 Å². The topological polar surface area (TPSA) is 111 Å². The minimum atomic E-state index is -0.869. The fraction of sp³-hybridized carbons (Fsp3) is 0.609. The van der Waals surface area contributed by atoms with Gasteiger partial charge in [0.25, 0.3) is 0 Å². The second-order valence-electron chi connectivity index (χ2n) is 8.95. The predicted octanol–water partition coefficient (Wildman–Crippen LogP) is 2.36. The quantitative estimate of drug-likeness (QED) is 0.495. The number of phenols is 1. The zero-order valence-electron chi connectivity index (χ0n) is 19.5. The van der Waals surface area contributed by atoms with Crippen LogP contribution in [0.2, 0.25) is 0 Å². The van der Waals surface area contributed by atoms with Crippen LogP contribution < -0.4 is 9.47 Å². The van der Waals surface area contributed by atoms with Crippen molar-refractivity contribution in [2.75, 3.05) is 20.8 Å². The molecule has 3 fully saturated rings. The van der Waals surface area contributed by atoms with Crippen LogP contribution >= 0.6 is 0 Å². The molecule has 4 rings (SSSR count). The highest BCUT2D eigenvalue weighted by molar-refractivity contribution is 5.87. The standard InChI is InChI=1S/C23H30O10/c1-22(2)28-11-15(31-22)18-19(20-21(30-18)33-23(3,4)32-20)29-16(24)8-7-12-9-13(26-5)17(25)14(10-12)27-6/h7-10,15,18-21,25H,11H2,1-6H3/b8-7+/t15-,18-,19+,20-,21-/m1/s1. The lowest BCUT2D eigenvalue weighted by Crippen LogP contribution is -2.45. The minimum absolute atomic E-state index is 0.126. The molecule has 3 aliphatic rings. The van der Waals surface area contributed by atoms with Crippen LogP contribution in [0.25, 0.3) is 6.08 Å². The summed E-state index contributed by atoms with van der Waals surface area (Å²) in [4.78, 5) is 12.7. The van der Waals surface area contributed by atoms with Gasteiger partial charge in [-0.25, -0.2) is 4.79 Å². The molecule has 1 aromatic rings. The van der Waals surface area contributed by atoms with Gasteiger partial charge in [-0.05, 0) is 51.5 Å². The lowest BCUT2D eigenvalue weighted by molar-refractivity contribution is -0.234. The number of hydrogen-bond acceptors (Lipinski definition) is 10. The molecule has 0 aromatic heterocycles. The second kappa shape index (κ2) is 8.77. The number of hydrogen-bond donors (Lipinski definition) is 1. The molecule has 33 heavy (non-hydrogen) atoms. The first-order valence-corrected chi connectivity index (χ1v) is 10.7. The van der Waals surface area contributed by atoms with Gasteiger partial charge in [-0.1, -0.05) is 0 Å². The van der Waals surface area contributed by atoms with E-state index in [9.17, 15) is 9.90 Å². The summed E-state index contributed by atoms with van der Waals surface area (Å²) in [6.45, 7) is 7.45. The molecule has 0 unspecified atom stereocenters. The molecule has 0 radical (unpaired) electrons. The molecule has 3 heterocycles. The molecule has 3 saturated heterocycles. The van der Waals surface area contributed by atoms with Crippen molar-refractivity contribution in [3.05, 3.63) is 23.8 Å². The SMILES string of the molecule is COc1cc(/C=C/C(=O)O[C@@H]2[C@H]3OC(C)(C)O[C@H]3O[C@@H]2[C@H]2COC(C)(C)O2)cc(OC)c1O. The largest absolute Gasteiger partial charge is 0.502 e. The van der Waals surface area contributed by atoms with Gasteiger partial charge in [0.15, 0.2) is 41.6 Å². The summed E-state index contributed by atoms with van der Waals surface area (Å²) in [5, 5.41) is 10.1. The van der Waals surface area contributed by atoms with Crippen LogP contribution in [-0.2, 0) is 33.2 Å². The van der Waals surface area contributed by atoms with E-state index in [1.54, 1.807) is 26.0 Å². The van der Waals surface area contributed by atoms with Crippen molar-refractivity contribution >= 4 is 12.0 Å². The molecule has 0 saturated carbocycles. The van der Waals surface area contributed by atoms with Crippen LogP contribution in [0.1, 0.15) is 33.3 Å². The van der Waals surface area contributed by atoms with Crippen molar-refractivity contribution in [3.63, 3.8) is 0 Å². The third-order valence-electron chi connectivity index (χ3n) is 5.59. The predicted molar refractivity (Wildman–Crippen MR) is 114 cm³/mol. The molecule has 0 aliphatic carbocycles. The maximum atomic E-state index is 12.7. The summed E-state index contributed by atoms with van der Waals surface area (Å²) in [5.41, 5.74) is 0.575. The Bertz CT molecular complexity index is 899. The van der Waals surface area contributed by atoms with Crippen LogP contribution in [0, 0.1) is 0 Å². The van der Waals surface area contributed by atoms with Crippen molar-refractivity contribution in [2.45, 2.75) is 70.0 Å². The lowest BCUT2D eigenvalue weighted by atomic mass is 10.1. The molecule has 1 aromatic carbocycles. The molecule has 182 valence electrons. The van der Waals surface area contributed by atoms with Gasteiger partial charge in [-0.3, -0.25) is 0 Å². The Kier molecular flexibility index (Phi) is 6.32. The average molecular weight is 466 g/mol. The number of ether oxygens (including phenoxy) is 8. The normalized spacial score (nSPS) is 32.1. The Morgan fingerprint density at radius 3 is 2.27 bits per heavy atom. The molecule has 5 atom stereocenters. The van der Waals surface area contributed by atoms with Crippen molar-refractivity contribution in [1.82, 2.24) is 0 Å². The van der Waals surface area contributed by atoms with Crippen LogP contribution in [-0.4, -0.2) is 74.2 Å². The number of rotatable bonds is 6. The monoisotopic (exact) mass is 466 g/mol. The number of phenolic OH excluding ortho intramolecular Hbond substituents is 1. The van der Waals surface area contributed by atoms with E-state index >= 15 is 0 Å². The maximum Gasteiger partial charge on any atom is 0.331 e. The van der Waals surface area contributed by atoms with E-state index in [1.165, 1.54) is 26.4 Å². The Hall–Kier alpha value is -2.37. The number of fused-ring (bicyclic) bond motifs is 1. The third-order valence-corrected chi connectivity index (χ3v) is 5.59. The maximum absolute atomic E-state index is 12.7. The van der Waals surface area contributed by atoms with Crippen LogP contribution in [0.4, 0.5) is 0 Å².